The van der Waals surface area contributed by atoms with Crippen LogP contribution < -0.4 is 0 Å². The number of aromatic nitrogens is 2. The zero-order chi connectivity index (χ0) is 17.1. The smallest absolute Gasteiger partial charge is 0.129 e. The summed E-state index contributed by atoms with van der Waals surface area (Å²) < 4.78 is 0. The van der Waals surface area contributed by atoms with Gasteiger partial charge in [-0.15, -0.1) is 23.1 Å². The SMILES string of the molecule is Cc1ccc(-c2c(C)sc3nc(C)nc(SCCCC#N)c23)cc1. The molecule has 5 heteroatoms. The summed E-state index contributed by atoms with van der Waals surface area (Å²) in [6, 6.07) is 10.8. The van der Waals surface area contributed by atoms with Crippen molar-refractivity contribution in [2.45, 2.75) is 38.6 Å². The van der Waals surface area contributed by atoms with Crippen LogP contribution in [-0.2, 0) is 0 Å². The molecule has 0 spiro atoms. The van der Waals surface area contributed by atoms with Crippen LogP contribution in [0.25, 0.3) is 21.3 Å². The minimum Gasteiger partial charge on any atom is -0.226 e. The Balaban J connectivity index is 2.10. The van der Waals surface area contributed by atoms with Crippen LogP contribution in [0.3, 0.4) is 0 Å². The maximum absolute atomic E-state index is 8.71. The lowest BCUT2D eigenvalue weighted by Gasteiger charge is -2.07. The van der Waals surface area contributed by atoms with Crippen LogP contribution in [0.4, 0.5) is 0 Å². The predicted molar refractivity (Wildman–Crippen MR) is 103 cm³/mol. The minimum absolute atomic E-state index is 0.591. The maximum atomic E-state index is 8.71. The molecule has 0 aliphatic heterocycles. The third-order valence-corrected chi connectivity index (χ3v) is 5.88. The quantitative estimate of drug-likeness (QED) is 0.336. The number of thioether (sulfide) groups is 1. The van der Waals surface area contributed by atoms with E-state index in [4.69, 9.17) is 10.2 Å². The van der Waals surface area contributed by atoms with Crippen LogP contribution in [0.5, 0.6) is 0 Å². The molecule has 0 aliphatic carbocycles. The van der Waals surface area contributed by atoms with Crippen molar-refractivity contribution in [1.29, 1.82) is 5.26 Å². The average Bonchev–Trinajstić information content (AvgIpc) is 2.88. The summed E-state index contributed by atoms with van der Waals surface area (Å²) in [5.74, 6) is 1.71. The number of benzene rings is 1. The highest BCUT2D eigenvalue weighted by Gasteiger charge is 2.17. The van der Waals surface area contributed by atoms with Gasteiger partial charge in [0, 0.05) is 22.6 Å². The van der Waals surface area contributed by atoms with Crippen LogP contribution in [0.2, 0.25) is 0 Å². The molecule has 24 heavy (non-hydrogen) atoms. The molecule has 3 aromatic rings. The summed E-state index contributed by atoms with van der Waals surface area (Å²) in [6.07, 6.45) is 1.47. The van der Waals surface area contributed by atoms with Crippen LogP contribution in [0.15, 0.2) is 29.3 Å². The van der Waals surface area contributed by atoms with Gasteiger partial charge in [-0.3, -0.25) is 0 Å². The fourth-order valence-corrected chi connectivity index (χ4v) is 4.85. The molecule has 3 rings (SSSR count). The molecule has 0 fully saturated rings. The fraction of sp³-hybridized carbons (Fsp3) is 0.316. The second kappa shape index (κ2) is 7.33. The summed E-state index contributed by atoms with van der Waals surface area (Å²) in [6.45, 7) is 6.20. The summed E-state index contributed by atoms with van der Waals surface area (Å²) in [7, 11) is 0. The normalized spacial score (nSPS) is 10.9. The zero-order valence-electron chi connectivity index (χ0n) is 14.1. The van der Waals surface area contributed by atoms with Gasteiger partial charge in [0.2, 0.25) is 0 Å². The Bertz CT molecular complexity index is 905. The number of hydrogen-bond acceptors (Lipinski definition) is 5. The first-order valence-corrected chi connectivity index (χ1v) is 9.75. The predicted octanol–water partition coefficient (Wildman–Crippen LogP) is 5.68. The Hall–Kier alpha value is -1.90. The Morgan fingerprint density at radius 1 is 1.12 bits per heavy atom. The van der Waals surface area contributed by atoms with E-state index < -0.39 is 0 Å². The van der Waals surface area contributed by atoms with Crippen molar-refractivity contribution in [2.24, 2.45) is 0 Å². The Morgan fingerprint density at radius 3 is 2.58 bits per heavy atom. The lowest BCUT2D eigenvalue weighted by molar-refractivity contribution is 0.971. The number of nitrogens with zero attached hydrogens (tertiary/aromatic N) is 3. The maximum Gasteiger partial charge on any atom is 0.129 e. The number of aryl methyl sites for hydroxylation is 3. The highest BCUT2D eigenvalue weighted by Crippen LogP contribution is 2.41. The van der Waals surface area contributed by atoms with Crippen molar-refractivity contribution in [2.75, 3.05) is 5.75 Å². The van der Waals surface area contributed by atoms with E-state index in [1.54, 1.807) is 23.1 Å². The van der Waals surface area contributed by atoms with Crippen molar-refractivity contribution in [3.63, 3.8) is 0 Å². The van der Waals surface area contributed by atoms with E-state index in [1.807, 2.05) is 6.92 Å². The third kappa shape index (κ3) is 3.45. The molecule has 0 amide bonds. The number of thiophene rings is 1. The number of hydrogen-bond donors (Lipinski definition) is 0. The second-order valence-electron chi connectivity index (χ2n) is 5.77. The lowest BCUT2D eigenvalue weighted by atomic mass is 10.0. The fourth-order valence-electron chi connectivity index (χ4n) is 2.67. The van der Waals surface area contributed by atoms with Gasteiger partial charge in [0.1, 0.15) is 15.7 Å². The Kier molecular flexibility index (Phi) is 5.17. The van der Waals surface area contributed by atoms with Crippen LogP contribution in [-0.4, -0.2) is 15.7 Å². The van der Waals surface area contributed by atoms with Gasteiger partial charge in [0.25, 0.3) is 0 Å². The molecule has 2 aromatic heterocycles. The number of rotatable bonds is 5. The van der Waals surface area contributed by atoms with E-state index in [2.05, 4.69) is 49.2 Å². The lowest BCUT2D eigenvalue weighted by Crippen LogP contribution is -1.92. The second-order valence-corrected chi connectivity index (χ2v) is 8.05. The molecule has 3 nitrogen and oxygen atoms in total. The van der Waals surface area contributed by atoms with E-state index in [-0.39, 0.29) is 0 Å². The van der Waals surface area contributed by atoms with Crippen molar-refractivity contribution < 1.29 is 0 Å². The van der Waals surface area contributed by atoms with Gasteiger partial charge in [-0.2, -0.15) is 5.26 Å². The van der Waals surface area contributed by atoms with E-state index in [0.717, 1.165) is 33.2 Å². The summed E-state index contributed by atoms with van der Waals surface area (Å²) in [4.78, 5) is 11.7. The highest BCUT2D eigenvalue weighted by molar-refractivity contribution is 7.99. The molecule has 0 saturated carbocycles. The van der Waals surface area contributed by atoms with Gasteiger partial charge in [-0.25, -0.2) is 9.97 Å². The molecule has 0 saturated heterocycles. The summed E-state index contributed by atoms with van der Waals surface area (Å²) in [5, 5.41) is 10.9. The Morgan fingerprint density at radius 2 is 1.88 bits per heavy atom. The monoisotopic (exact) mass is 353 g/mol. The molecular weight excluding hydrogens is 334 g/mol. The molecule has 2 heterocycles. The van der Waals surface area contributed by atoms with Gasteiger partial charge in [0.15, 0.2) is 0 Å². The molecule has 1 aromatic carbocycles. The number of fused-ring (bicyclic) bond motifs is 1. The van der Waals surface area contributed by atoms with Gasteiger partial charge in [0.05, 0.1) is 11.5 Å². The first kappa shape index (κ1) is 16.9. The molecule has 0 atom stereocenters. The largest absolute Gasteiger partial charge is 0.226 e. The first-order chi connectivity index (χ1) is 11.6. The number of nitriles is 1. The zero-order valence-corrected chi connectivity index (χ0v) is 15.7. The van der Waals surface area contributed by atoms with Gasteiger partial charge < -0.3 is 0 Å². The van der Waals surface area contributed by atoms with Crippen LogP contribution >= 0.6 is 23.1 Å². The average molecular weight is 354 g/mol. The van der Waals surface area contributed by atoms with Crippen molar-refractivity contribution in [1.82, 2.24) is 9.97 Å². The van der Waals surface area contributed by atoms with E-state index in [0.29, 0.717) is 6.42 Å². The van der Waals surface area contributed by atoms with Crippen molar-refractivity contribution >= 4 is 33.3 Å². The van der Waals surface area contributed by atoms with Gasteiger partial charge in [-0.05, 0) is 32.8 Å². The molecular formula is C19H19N3S2. The molecule has 0 unspecified atom stereocenters. The van der Waals surface area contributed by atoms with Crippen molar-refractivity contribution in [3.8, 4) is 17.2 Å². The topological polar surface area (TPSA) is 49.6 Å². The van der Waals surface area contributed by atoms with Crippen molar-refractivity contribution in [3.05, 3.63) is 40.5 Å². The third-order valence-electron chi connectivity index (χ3n) is 3.82. The van der Waals surface area contributed by atoms with Crippen LogP contribution in [0.1, 0.15) is 29.1 Å². The van der Waals surface area contributed by atoms with E-state index in [9.17, 15) is 0 Å². The van der Waals surface area contributed by atoms with E-state index >= 15 is 0 Å². The van der Waals surface area contributed by atoms with E-state index in [1.165, 1.54) is 21.6 Å². The number of unbranched alkanes of at least 4 members (excludes halogenated alkanes) is 1. The first-order valence-electron chi connectivity index (χ1n) is 7.94. The summed E-state index contributed by atoms with van der Waals surface area (Å²) in [5.41, 5.74) is 3.72. The van der Waals surface area contributed by atoms with Crippen LogP contribution in [0, 0.1) is 32.1 Å². The molecule has 122 valence electrons. The molecule has 0 bridgehead atoms. The van der Waals surface area contributed by atoms with Gasteiger partial charge in [-0.1, -0.05) is 29.8 Å². The van der Waals surface area contributed by atoms with Gasteiger partial charge >= 0.3 is 0 Å². The Labute approximate surface area is 150 Å². The highest BCUT2D eigenvalue weighted by atomic mass is 32.2. The minimum atomic E-state index is 0.591. The summed E-state index contributed by atoms with van der Waals surface area (Å²) >= 11 is 3.47. The molecule has 0 N–H and O–H groups in total. The molecule has 0 aliphatic rings. The standard InChI is InChI=1S/C19H19N3S2/c1-12-6-8-15(9-7-12)16-13(2)24-19-17(16)18(21-14(3)22-19)23-11-5-4-10-20/h6-9H,4-5,11H2,1-3H3. The molecule has 0 radical (unpaired) electrons.